The Morgan fingerprint density at radius 3 is 2.17 bits per heavy atom. The van der Waals surface area contributed by atoms with E-state index in [1.54, 1.807) is 13.8 Å². The van der Waals surface area contributed by atoms with E-state index in [1.165, 1.54) is 0 Å². The van der Waals surface area contributed by atoms with Crippen LogP contribution in [0, 0.1) is 5.92 Å². The third-order valence-electron chi connectivity index (χ3n) is 3.46. The quantitative estimate of drug-likeness (QED) is 0.303. The molecule has 0 aliphatic heterocycles. The van der Waals surface area contributed by atoms with Crippen molar-refractivity contribution >= 4 is 11.9 Å². The Labute approximate surface area is 144 Å². The van der Waals surface area contributed by atoms with Crippen LogP contribution in [0.2, 0.25) is 0 Å². The van der Waals surface area contributed by atoms with Crippen molar-refractivity contribution in [3.05, 3.63) is 12.2 Å². The second-order valence-electron chi connectivity index (χ2n) is 6.01. The average Bonchev–Trinajstić information content (AvgIpc) is 2.56. The molecule has 24 heavy (non-hydrogen) atoms. The van der Waals surface area contributed by atoms with Crippen molar-refractivity contribution in [1.29, 1.82) is 0 Å². The number of ether oxygens (including phenoxy) is 2. The molecule has 0 saturated heterocycles. The van der Waals surface area contributed by atoms with Crippen molar-refractivity contribution in [2.24, 2.45) is 5.92 Å². The fraction of sp³-hybridized carbons (Fsp3) is 0.778. The van der Waals surface area contributed by atoms with Gasteiger partial charge in [0.15, 0.2) is 0 Å². The lowest BCUT2D eigenvalue weighted by atomic mass is 9.98. The Balaban J connectivity index is 4.53. The summed E-state index contributed by atoms with van der Waals surface area (Å²) in [6, 6.07) is 0. The molecule has 0 aromatic rings. The summed E-state index contributed by atoms with van der Waals surface area (Å²) in [5, 5.41) is 17.9. The van der Waals surface area contributed by atoms with Gasteiger partial charge in [-0.1, -0.05) is 25.5 Å². The normalized spacial score (nSPS) is 15.0. The van der Waals surface area contributed by atoms with Crippen molar-refractivity contribution in [3.63, 3.8) is 0 Å². The fourth-order valence-electron chi connectivity index (χ4n) is 2.03. The van der Waals surface area contributed by atoms with Gasteiger partial charge in [-0.05, 0) is 39.5 Å². The van der Waals surface area contributed by atoms with E-state index in [0.29, 0.717) is 6.42 Å². The SMILES string of the molecule is CCC/C=C/CCCC(CC(=O)OC(C)CO)C(=O)OC(C)CO. The van der Waals surface area contributed by atoms with Gasteiger partial charge in [-0.3, -0.25) is 9.59 Å². The van der Waals surface area contributed by atoms with E-state index in [2.05, 4.69) is 19.1 Å². The van der Waals surface area contributed by atoms with Crippen LogP contribution in [0.5, 0.6) is 0 Å². The van der Waals surface area contributed by atoms with Crippen molar-refractivity contribution in [2.75, 3.05) is 13.2 Å². The Bertz CT molecular complexity index is 380. The number of aliphatic hydroxyl groups is 2. The van der Waals surface area contributed by atoms with E-state index < -0.39 is 30.1 Å². The summed E-state index contributed by atoms with van der Waals surface area (Å²) in [5.74, 6) is -1.63. The standard InChI is InChI=1S/C18H32O6/c1-4-5-6-7-8-9-10-16(18(22)24-15(3)13-20)11-17(21)23-14(2)12-19/h6-7,14-16,19-20H,4-5,8-13H2,1-3H3/b7-6+. The lowest BCUT2D eigenvalue weighted by Crippen LogP contribution is -2.28. The Morgan fingerprint density at radius 2 is 1.58 bits per heavy atom. The summed E-state index contributed by atoms with van der Waals surface area (Å²) in [4.78, 5) is 24.0. The molecular formula is C18H32O6. The van der Waals surface area contributed by atoms with Gasteiger partial charge in [0.2, 0.25) is 0 Å². The molecule has 0 bridgehead atoms. The molecule has 6 nitrogen and oxygen atoms in total. The van der Waals surface area contributed by atoms with E-state index in [4.69, 9.17) is 19.7 Å². The number of aliphatic hydroxyl groups excluding tert-OH is 2. The van der Waals surface area contributed by atoms with Gasteiger partial charge in [0, 0.05) is 0 Å². The molecule has 3 atom stereocenters. The molecule has 0 rings (SSSR count). The molecular weight excluding hydrogens is 312 g/mol. The third kappa shape index (κ3) is 11.2. The van der Waals surface area contributed by atoms with E-state index in [-0.39, 0.29) is 19.6 Å². The highest BCUT2D eigenvalue weighted by Crippen LogP contribution is 2.18. The molecule has 140 valence electrons. The van der Waals surface area contributed by atoms with E-state index in [0.717, 1.165) is 25.7 Å². The number of carbonyl (C=O) groups excluding carboxylic acids is 2. The number of hydrogen-bond acceptors (Lipinski definition) is 6. The zero-order valence-electron chi connectivity index (χ0n) is 15.1. The summed E-state index contributed by atoms with van der Waals surface area (Å²) in [7, 11) is 0. The predicted octanol–water partition coefficient (Wildman–Crippen LogP) is 2.37. The second kappa shape index (κ2) is 14.0. The maximum atomic E-state index is 12.2. The molecule has 0 radical (unpaired) electrons. The summed E-state index contributed by atoms with van der Waals surface area (Å²) in [6.07, 6.45) is 7.14. The minimum absolute atomic E-state index is 0.0833. The minimum atomic E-state index is -0.600. The first kappa shape index (κ1) is 22.6. The van der Waals surface area contributed by atoms with Crippen molar-refractivity contribution < 1.29 is 29.3 Å². The van der Waals surface area contributed by atoms with Gasteiger partial charge >= 0.3 is 11.9 Å². The van der Waals surface area contributed by atoms with Gasteiger partial charge in [-0.15, -0.1) is 0 Å². The molecule has 0 aromatic heterocycles. The van der Waals surface area contributed by atoms with E-state index in [1.807, 2.05) is 0 Å². The number of esters is 2. The number of hydrogen-bond donors (Lipinski definition) is 2. The average molecular weight is 344 g/mol. The number of allylic oxidation sites excluding steroid dienone is 2. The third-order valence-corrected chi connectivity index (χ3v) is 3.46. The molecule has 0 spiro atoms. The summed E-state index contributed by atoms with van der Waals surface area (Å²) in [5.41, 5.74) is 0. The lowest BCUT2D eigenvalue weighted by Gasteiger charge is -2.19. The summed E-state index contributed by atoms with van der Waals surface area (Å²) >= 11 is 0. The molecule has 0 saturated carbocycles. The highest BCUT2D eigenvalue weighted by Gasteiger charge is 2.25. The highest BCUT2D eigenvalue weighted by molar-refractivity contribution is 5.80. The van der Waals surface area contributed by atoms with Crippen LogP contribution < -0.4 is 0 Å². The molecule has 3 unspecified atom stereocenters. The van der Waals surface area contributed by atoms with Crippen LogP contribution >= 0.6 is 0 Å². The first-order valence-corrected chi connectivity index (χ1v) is 8.71. The van der Waals surface area contributed by atoms with E-state index >= 15 is 0 Å². The number of carbonyl (C=O) groups is 2. The highest BCUT2D eigenvalue weighted by atomic mass is 16.6. The molecule has 0 fully saturated rings. The van der Waals surface area contributed by atoms with Crippen molar-refractivity contribution in [3.8, 4) is 0 Å². The Kier molecular flexibility index (Phi) is 13.2. The van der Waals surface area contributed by atoms with Gasteiger partial charge in [0.05, 0.1) is 25.6 Å². The monoisotopic (exact) mass is 344 g/mol. The fourth-order valence-corrected chi connectivity index (χ4v) is 2.03. The van der Waals surface area contributed by atoms with Crippen LogP contribution in [0.1, 0.15) is 59.3 Å². The second-order valence-corrected chi connectivity index (χ2v) is 6.01. The first-order chi connectivity index (χ1) is 11.4. The zero-order chi connectivity index (χ0) is 18.4. The Morgan fingerprint density at radius 1 is 1.00 bits per heavy atom. The Hall–Kier alpha value is -1.40. The minimum Gasteiger partial charge on any atom is -0.460 e. The zero-order valence-corrected chi connectivity index (χ0v) is 15.1. The van der Waals surface area contributed by atoms with Crippen LogP contribution in [0.3, 0.4) is 0 Å². The molecule has 0 heterocycles. The molecule has 0 amide bonds. The molecule has 6 heteroatoms. The molecule has 0 aliphatic carbocycles. The maximum Gasteiger partial charge on any atom is 0.309 e. The van der Waals surface area contributed by atoms with Crippen LogP contribution in [0.15, 0.2) is 12.2 Å². The number of rotatable bonds is 13. The lowest BCUT2D eigenvalue weighted by molar-refractivity contribution is -0.162. The van der Waals surface area contributed by atoms with Gasteiger partial charge in [-0.2, -0.15) is 0 Å². The van der Waals surface area contributed by atoms with Gasteiger partial charge < -0.3 is 19.7 Å². The van der Waals surface area contributed by atoms with Crippen LogP contribution in [-0.4, -0.2) is 47.6 Å². The van der Waals surface area contributed by atoms with Crippen molar-refractivity contribution in [2.45, 2.75) is 71.5 Å². The smallest absolute Gasteiger partial charge is 0.309 e. The largest absolute Gasteiger partial charge is 0.460 e. The van der Waals surface area contributed by atoms with Crippen LogP contribution in [0.4, 0.5) is 0 Å². The summed E-state index contributed by atoms with van der Waals surface area (Å²) < 4.78 is 10.1. The van der Waals surface area contributed by atoms with Crippen LogP contribution in [0.25, 0.3) is 0 Å². The number of unbranched alkanes of at least 4 members (excludes halogenated alkanes) is 2. The van der Waals surface area contributed by atoms with Gasteiger partial charge in [0.25, 0.3) is 0 Å². The van der Waals surface area contributed by atoms with Crippen molar-refractivity contribution in [1.82, 2.24) is 0 Å². The van der Waals surface area contributed by atoms with Gasteiger partial charge in [0.1, 0.15) is 12.2 Å². The van der Waals surface area contributed by atoms with Gasteiger partial charge in [-0.25, -0.2) is 0 Å². The molecule has 0 aliphatic rings. The molecule has 2 N–H and O–H groups in total. The maximum absolute atomic E-state index is 12.2. The van der Waals surface area contributed by atoms with Crippen LogP contribution in [-0.2, 0) is 19.1 Å². The first-order valence-electron chi connectivity index (χ1n) is 8.71. The topological polar surface area (TPSA) is 93.1 Å². The molecule has 0 aromatic carbocycles. The summed E-state index contributed by atoms with van der Waals surface area (Å²) in [6.45, 7) is 4.76. The predicted molar refractivity (Wildman–Crippen MR) is 91.3 cm³/mol. The van der Waals surface area contributed by atoms with E-state index in [9.17, 15) is 9.59 Å².